The fraction of sp³-hybridized carbons (Fsp3) is 0.545. The van der Waals surface area contributed by atoms with E-state index in [0.717, 1.165) is 16.5 Å². The first-order valence-electron chi connectivity index (χ1n) is 6.26. The minimum absolute atomic E-state index is 0.0838. The molecule has 1 aliphatic heterocycles. The summed E-state index contributed by atoms with van der Waals surface area (Å²) in [5.41, 5.74) is 0.758. The zero-order valence-electron chi connectivity index (χ0n) is 11.1. The molecule has 0 unspecified atom stereocenters. The molecule has 0 aliphatic carbocycles. The number of aromatic nitrogens is 2. The van der Waals surface area contributed by atoms with Gasteiger partial charge in [0.15, 0.2) is 10.8 Å². The molecule has 3 heterocycles. The van der Waals surface area contributed by atoms with Gasteiger partial charge in [0.05, 0.1) is 18.6 Å². The molecule has 0 saturated carbocycles. The molecular weight excluding hydrogens is 300 g/mol. The van der Waals surface area contributed by atoms with Crippen LogP contribution in [0, 0.1) is 0 Å². The smallest absolute Gasteiger partial charge is 0.211 e. The number of nitrogens with zero attached hydrogens (tertiary/aromatic N) is 4. The zero-order valence-corrected chi connectivity index (χ0v) is 12.7. The minimum Gasteiger partial charge on any atom is -0.390 e. The van der Waals surface area contributed by atoms with Crippen LogP contribution in [0.1, 0.15) is 5.69 Å². The van der Waals surface area contributed by atoms with Crippen LogP contribution < -0.4 is 4.90 Å². The van der Waals surface area contributed by atoms with E-state index in [2.05, 4.69) is 4.98 Å². The quantitative estimate of drug-likeness (QED) is 0.860. The fourth-order valence-corrected chi connectivity index (χ4v) is 4.01. The van der Waals surface area contributed by atoms with E-state index in [-0.39, 0.29) is 6.61 Å². The van der Waals surface area contributed by atoms with Gasteiger partial charge in [-0.1, -0.05) is 0 Å². The van der Waals surface area contributed by atoms with Gasteiger partial charge < -0.3 is 10.0 Å². The lowest BCUT2D eigenvalue weighted by Gasteiger charge is -2.33. The van der Waals surface area contributed by atoms with Crippen molar-refractivity contribution in [2.24, 2.45) is 0 Å². The largest absolute Gasteiger partial charge is 0.390 e. The molecule has 0 bridgehead atoms. The number of rotatable bonds is 3. The lowest BCUT2D eigenvalue weighted by atomic mass is 10.3. The molecule has 1 saturated heterocycles. The maximum Gasteiger partial charge on any atom is 0.211 e. The highest BCUT2D eigenvalue weighted by molar-refractivity contribution is 7.88. The average molecular weight is 316 g/mol. The van der Waals surface area contributed by atoms with Crippen molar-refractivity contribution in [1.29, 1.82) is 0 Å². The van der Waals surface area contributed by atoms with Crippen LogP contribution in [-0.4, -0.2) is 59.6 Å². The van der Waals surface area contributed by atoms with Crippen molar-refractivity contribution in [2.75, 3.05) is 37.3 Å². The highest BCUT2D eigenvalue weighted by Gasteiger charge is 2.26. The second-order valence-corrected chi connectivity index (χ2v) is 7.60. The Hall–Kier alpha value is -1.16. The van der Waals surface area contributed by atoms with Gasteiger partial charge in [-0.25, -0.2) is 13.4 Å². The molecule has 0 aromatic carbocycles. The number of anilines is 1. The van der Waals surface area contributed by atoms with Crippen LogP contribution in [0.2, 0.25) is 0 Å². The molecule has 20 heavy (non-hydrogen) atoms. The summed E-state index contributed by atoms with van der Waals surface area (Å²) in [6.07, 6.45) is 3.11. The maximum atomic E-state index is 11.5. The van der Waals surface area contributed by atoms with Crippen molar-refractivity contribution in [3.05, 3.63) is 17.3 Å². The lowest BCUT2D eigenvalue weighted by Crippen LogP contribution is -2.48. The van der Waals surface area contributed by atoms with E-state index >= 15 is 0 Å². The highest BCUT2D eigenvalue weighted by Crippen LogP contribution is 2.25. The molecule has 3 rings (SSSR count). The van der Waals surface area contributed by atoms with Gasteiger partial charge in [-0.2, -0.15) is 4.31 Å². The molecule has 1 fully saturated rings. The molecule has 1 aliphatic rings. The molecule has 7 nitrogen and oxygen atoms in total. The van der Waals surface area contributed by atoms with E-state index in [1.807, 2.05) is 20.9 Å². The SMILES string of the molecule is CS(=O)(=O)N1CCN(c2nc3sccn3c2CO)CC1. The van der Waals surface area contributed by atoms with Crippen molar-refractivity contribution in [2.45, 2.75) is 6.61 Å². The second-order valence-electron chi connectivity index (χ2n) is 4.74. The standard InChI is InChI=1S/C11H16N4O3S2/c1-20(17,18)14-4-2-13(3-5-14)10-9(8-16)15-6-7-19-11(15)12-10/h6-7,16H,2-5,8H2,1H3. The van der Waals surface area contributed by atoms with Crippen LogP contribution in [0.4, 0.5) is 5.82 Å². The predicted octanol–water partition coefficient (Wildman–Crippen LogP) is -0.0303. The number of hydrogen-bond donors (Lipinski definition) is 1. The molecule has 110 valence electrons. The van der Waals surface area contributed by atoms with Crippen LogP contribution in [0.5, 0.6) is 0 Å². The average Bonchev–Trinajstić information content (AvgIpc) is 2.97. The summed E-state index contributed by atoms with van der Waals surface area (Å²) >= 11 is 1.51. The summed E-state index contributed by atoms with van der Waals surface area (Å²) in [5, 5.41) is 11.5. The van der Waals surface area contributed by atoms with Gasteiger partial charge >= 0.3 is 0 Å². The summed E-state index contributed by atoms with van der Waals surface area (Å²) in [5.74, 6) is 0.757. The number of thiazole rings is 1. The van der Waals surface area contributed by atoms with Crippen molar-refractivity contribution < 1.29 is 13.5 Å². The molecule has 0 amide bonds. The van der Waals surface area contributed by atoms with Gasteiger partial charge in [0.25, 0.3) is 0 Å². The second kappa shape index (κ2) is 4.99. The molecule has 9 heteroatoms. The Morgan fingerprint density at radius 3 is 2.65 bits per heavy atom. The van der Waals surface area contributed by atoms with Gasteiger partial charge in [-0.05, 0) is 0 Å². The van der Waals surface area contributed by atoms with E-state index in [9.17, 15) is 13.5 Å². The number of sulfonamides is 1. The Morgan fingerprint density at radius 1 is 1.35 bits per heavy atom. The molecule has 0 atom stereocenters. The van der Waals surface area contributed by atoms with Crippen molar-refractivity contribution in [1.82, 2.24) is 13.7 Å². The zero-order chi connectivity index (χ0) is 14.3. The Balaban J connectivity index is 1.85. The highest BCUT2D eigenvalue weighted by atomic mass is 32.2. The van der Waals surface area contributed by atoms with Crippen LogP contribution in [0.15, 0.2) is 11.6 Å². The Bertz CT molecular complexity index is 713. The van der Waals surface area contributed by atoms with E-state index in [1.165, 1.54) is 21.9 Å². The normalized spacial score (nSPS) is 18.0. The Kier molecular flexibility index (Phi) is 3.44. The van der Waals surface area contributed by atoms with Gasteiger partial charge in [0, 0.05) is 37.8 Å². The van der Waals surface area contributed by atoms with Crippen LogP contribution in [-0.2, 0) is 16.6 Å². The topological polar surface area (TPSA) is 78.2 Å². The Labute approximate surface area is 121 Å². The van der Waals surface area contributed by atoms with Gasteiger partial charge in [-0.3, -0.25) is 4.40 Å². The number of hydrogen-bond acceptors (Lipinski definition) is 6. The Morgan fingerprint density at radius 2 is 2.05 bits per heavy atom. The summed E-state index contributed by atoms with van der Waals surface area (Å²) in [7, 11) is -3.13. The van der Waals surface area contributed by atoms with Crippen molar-refractivity contribution in [3.63, 3.8) is 0 Å². The molecule has 2 aromatic heterocycles. The third-order valence-corrected chi connectivity index (χ3v) is 5.56. The number of fused-ring (bicyclic) bond motifs is 1. The summed E-state index contributed by atoms with van der Waals surface area (Å²) < 4.78 is 26.4. The van der Waals surface area contributed by atoms with Crippen LogP contribution >= 0.6 is 11.3 Å². The molecule has 2 aromatic rings. The molecular formula is C11H16N4O3S2. The van der Waals surface area contributed by atoms with Gasteiger partial charge in [0.2, 0.25) is 10.0 Å². The number of piperazine rings is 1. The van der Waals surface area contributed by atoms with Crippen molar-refractivity contribution in [3.8, 4) is 0 Å². The third kappa shape index (κ3) is 2.30. The predicted molar refractivity (Wildman–Crippen MR) is 77.6 cm³/mol. The van der Waals surface area contributed by atoms with E-state index in [0.29, 0.717) is 26.2 Å². The van der Waals surface area contributed by atoms with E-state index in [4.69, 9.17) is 0 Å². The molecule has 0 radical (unpaired) electrons. The van der Waals surface area contributed by atoms with Gasteiger partial charge in [0.1, 0.15) is 0 Å². The third-order valence-electron chi connectivity index (χ3n) is 3.50. The first-order chi connectivity index (χ1) is 9.50. The number of imidazole rings is 1. The van der Waals surface area contributed by atoms with Crippen LogP contribution in [0.25, 0.3) is 4.96 Å². The van der Waals surface area contributed by atoms with Crippen LogP contribution in [0.3, 0.4) is 0 Å². The molecule has 0 spiro atoms. The first kappa shape index (κ1) is 13.8. The summed E-state index contributed by atoms with van der Waals surface area (Å²) in [6, 6.07) is 0. The van der Waals surface area contributed by atoms with E-state index < -0.39 is 10.0 Å². The van der Waals surface area contributed by atoms with Gasteiger partial charge in [-0.15, -0.1) is 11.3 Å². The summed E-state index contributed by atoms with van der Waals surface area (Å²) in [6.45, 7) is 2.00. The number of aliphatic hydroxyl groups excluding tert-OH is 1. The monoisotopic (exact) mass is 316 g/mol. The fourth-order valence-electron chi connectivity index (χ4n) is 2.45. The first-order valence-corrected chi connectivity index (χ1v) is 8.99. The van der Waals surface area contributed by atoms with Crippen molar-refractivity contribution >= 4 is 32.1 Å². The number of aliphatic hydroxyl groups is 1. The lowest BCUT2D eigenvalue weighted by molar-refractivity contribution is 0.275. The molecule has 1 N–H and O–H groups in total. The minimum atomic E-state index is -3.13. The maximum absolute atomic E-state index is 11.5. The summed E-state index contributed by atoms with van der Waals surface area (Å²) in [4.78, 5) is 7.41. The van der Waals surface area contributed by atoms with E-state index in [1.54, 1.807) is 0 Å².